The van der Waals surface area contributed by atoms with E-state index in [1.165, 1.54) is 17.8 Å². The number of fused-ring (bicyclic) bond motifs is 1. The van der Waals surface area contributed by atoms with Gasteiger partial charge in [0.2, 0.25) is 0 Å². The van der Waals surface area contributed by atoms with E-state index in [1.54, 1.807) is 16.7 Å². The molecule has 8 nitrogen and oxygen atoms in total. The van der Waals surface area contributed by atoms with Gasteiger partial charge in [0.1, 0.15) is 0 Å². The molecule has 2 heterocycles. The lowest BCUT2D eigenvalue weighted by Gasteiger charge is -2.26. The van der Waals surface area contributed by atoms with Gasteiger partial charge in [0.05, 0.1) is 29.0 Å². The lowest BCUT2D eigenvalue weighted by molar-refractivity contribution is -0.384. The molecule has 9 heteroatoms. The number of nitro groups is 1. The summed E-state index contributed by atoms with van der Waals surface area (Å²) < 4.78 is 7.16. The van der Waals surface area contributed by atoms with Crippen molar-refractivity contribution in [3.8, 4) is 0 Å². The summed E-state index contributed by atoms with van der Waals surface area (Å²) in [6.45, 7) is 6.76. The number of morpholine rings is 1. The maximum absolute atomic E-state index is 13.3. The number of non-ortho nitro benzene ring substituents is 1. The Labute approximate surface area is 190 Å². The standard InChI is InChI=1S/C23H26N4O4S/c1-17(18-6-4-7-19(16-18)27(29)30)32-23-24-21-9-3-2-8-20(21)22(28)26(23)11-5-10-25-12-14-31-15-13-25/h2-4,6-9,16-17H,5,10-15H2,1H3/t17-/m0/s1. The van der Waals surface area contributed by atoms with E-state index in [2.05, 4.69) is 4.90 Å². The van der Waals surface area contributed by atoms with E-state index < -0.39 is 4.92 Å². The maximum atomic E-state index is 13.3. The Morgan fingerprint density at radius 1 is 1.16 bits per heavy atom. The quantitative estimate of drug-likeness (QED) is 0.221. The van der Waals surface area contributed by atoms with Crippen molar-refractivity contribution in [3.05, 3.63) is 74.6 Å². The lowest BCUT2D eigenvalue weighted by atomic mass is 10.1. The Balaban J connectivity index is 1.60. The van der Waals surface area contributed by atoms with E-state index >= 15 is 0 Å². The molecule has 1 fully saturated rings. The van der Waals surface area contributed by atoms with Crippen LogP contribution in [0.3, 0.4) is 0 Å². The van der Waals surface area contributed by atoms with Crippen LogP contribution < -0.4 is 5.56 Å². The van der Waals surface area contributed by atoms with Gasteiger partial charge in [-0.05, 0) is 31.0 Å². The van der Waals surface area contributed by atoms with Gasteiger partial charge in [0, 0.05) is 43.6 Å². The number of nitro benzene ring substituents is 1. The number of hydrogen-bond acceptors (Lipinski definition) is 7. The minimum atomic E-state index is -0.392. The molecule has 1 saturated heterocycles. The SMILES string of the molecule is C[C@H](Sc1nc2ccccc2c(=O)n1CCCN1CCOCC1)c1cccc([N+](=O)[O-])c1. The van der Waals surface area contributed by atoms with Gasteiger partial charge < -0.3 is 4.74 Å². The summed E-state index contributed by atoms with van der Waals surface area (Å²) in [6, 6.07) is 14.0. The second-order valence-corrected chi connectivity index (χ2v) is 9.10. The Morgan fingerprint density at radius 3 is 2.72 bits per heavy atom. The molecular weight excluding hydrogens is 428 g/mol. The third-order valence-electron chi connectivity index (χ3n) is 5.62. The molecule has 0 spiro atoms. The minimum absolute atomic E-state index is 0.0497. The van der Waals surface area contributed by atoms with E-state index in [0.717, 1.165) is 44.8 Å². The third kappa shape index (κ3) is 5.17. The number of nitrogens with zero attached hydrogens (tertiary/aromatic N) is 4. The summed E-state index contributed by atoms with van der Waals surface area (Å²) in [5, 5.41) is 12.3. The van der Waals surface area contributed by atoms with Crippen LogP contribution in [0.1, 0.15) is 24.2 Å². The number of benzene rings is 2. The Hall–Kier alpha value is -2.75. The van der Waals surface area contributed by atoms with Crippen LogP contribution in [0.25, 0.3) is 10.9 Å². The van der Waals surface area contributed by atoms with Crippen LogP contribution in [0, 0.1) is 10.1 Å². The average molecular weight is 455 g/mol. The van der Waals surface area contributed by atoms with Crippen molar-refractivity contribution in [2.75, 3.05) is 32.8 Å². The summed E-state index contributed by atoms with van der Waals surface area (Å²) >= 11 is 1.45. The molecule has 32 heavy (non-hydrogen) atoms. The van der Waals surface area contributed by atoms with Gasteiger partial charge in [0.15, 0.2) is 5.16 Å². The molecule has 0 N–H and O–H groups in total. The van der Waals surface area contributed by atoms with Gasteiger partial charge in [0.25, 0.3) is 11.2 Å². The van der Waals surface area contributed by atoms with Gasteiger partial charge in [-0.3, -0.25) is 24.4 Å². The Bertz CT molecular complexity index is 1160. The first kappa shape index (κ1) is 22.4. The minimum Gasteiger partial charge on any atom is -0.379 e. The highest BCUT2D eigenvalue weighted by molar-refractivity contribution is 7.99. The first-order valence-electron chi connectivity index (χ1n) is 10.7. The summed E-state index contributed by atoms with van der Waals surface area (Å²) in [5.74, 6) is 0. The highest BCUT2D eigenvalue weighted by atomic mass is 32.2. The number of ether oxygens (including phenoxy) is 1. The summed E-state index contributed by atoms with van der Waals surface area (Å²) in [4.78, 5) is 31.2. The second kappa shape index (κ2) is 10.2. The highest BCUT2D eigenvalue weighted by Crippen LogP contribution is 2.35. The van der Waals surface area contributed by atoms with Gasteiger partial charge in [-0.2, -0.15) is 0 Å². The molecule has 2 aromatic carbocycles. The molecule has 1 aliphatic heterocycles. The van der Waals surface area contributed by atoms with Crippen LogP contribution in [-0.2, 0) is 11.3 Å². The van der Waals surface area contributed by atoms with Gasteiger partial charge in [-0.15, -0.1) is 0 Å². The van der Waals surface area contributed by atoms with Crippen LogP contribution in [0.15, 0.2) is 58.5 Å². The van der Waals surface area contributed by atoms with E-state index in [0.29, 0.717) is 22.6 Å². The van der Waals surface area contributed by atoms with Gasteiger partial charge >= 0.3 is 0 Å². The molecule has 4 rings (SSSR count). The van der Waals surface area contributed by atoms with E-state index in [4.69, 9.17) is 9.72 Å². The predicted octanol–water partition coefficient (Wildman–Crippen LogP) is 3.88. The van der Waals surface area contributed by atoms with Crippen molar-refractivity contribution in [1.82, 2.24) is 14.5 Å². The van der Waals surface area contributed by atoms with Crippen molar-refractivity contribution in [3.63, 3.8) is 0 Å². The molecule has 0 saturated carbocycles. The summed E-state index contributed by atoms with van der Waals surface area (Å²) in [5.41, 5.74) is 1.50. The Morgan fingerprint density at radius 2 is 1.94 bits per heavy atom. The Kier molecular flexibility index (Phi) is 7.19. The topological polar surface area (TPSA) is 90.5 Å². The highest BCUT2D eigenvalue weighted by Gasteiger charge is 2.18. The van der Waals surface area contributed by atoms with Crippen molar-refractivity contribution < 1.29 is 9.66 Å². The molecule has 1 atom stereocenters. The zero-order chi connectivity index (χ0) is 22.5. The molecule has 0 aliphatic carbocycles. The fourth-order valence-electron chi connectivity index (χ4n) is 3.83. The van der Waals surface area contributed by atoms with Gasteiger partial charge in [-0.1, -0.05) is 36.0 Å². The normalized spacial score (nSPS) is 15.7. The molecule has 0 radical (unpaired) electrons. The number of hydrogen-bond donors (Lipinski definition) is 0. The van der Waals surface area contributed by atoms with Gasteiger partial charge in [-0.25, -0.2) is 4.98 Å². The van der Waals surface area contributed by atoms with Crippen LogP contribution in [0.4, 0.5) is 5.69 Å². The number of thioether (sulfide) groups is 1. The molecule has 168 valence electrons. The summed E-state index contributed by atoms with van der Waals surface area (Å²) in [6.07, 6.45) is 0.832. The van der Waals surface area contributed by atoms with Crippen LogP contribution in [-0.4, -0.2) is 52.2 Å². The monoisotopic (exact) mass is 454 g/mol. The van der Waals surface area contributed by atoms with Crippen molar-refractivity contribution >= 4 is 28.4 Å². The van der Waals surface area contributed by atoms with Crippen LogP contribution in [0.2, 0.25) is 0 Å². The first-order valence-corrected chi connectivity index (χ1v) is 11.6. The zero-order valence-corrected chi connectivity index (χ0v) is 18.8. The number of rotatable bonds is 8. The second-order valence-electron chi connectivity index (χ2n) is 7.79. The molecule has 3 aromatic rings. The number of para-hydroxylation sites is 1. The van der Waals surface area contributed by atoms with E-state index in [9.17, 15) is 14.9 Å². The fraction of sp³-hybridized carbons (Fsp3) is 0.391. The molecular formula is C23H26N4O4S. The average Bonchev–Trinajstić information content (AvgIpc) is 2.82. The molecule has 0 unspecified atom stereocenters. The van der Waals surface area contributed by atoms with Crippen molar-refractivity contribution in [2.45, 2.75) is 30.3 Å². The van der Waals surface area contributed by atoms with Crippen LogP contribution in [0.5, 0.6) is 0 Å². The fourth-order valence-corrected chi connectivity index (χ4v) is 4.88. The van der Waals surface area contributed by atoms with Crippen molar-refractivity contribution in [1.29, 1.82) is 0 Å². The first-order chi connectivity index (χ1) is 15.5. The predicted molar refractivity (Wildman–Crippen MR) is 125 cm³/mol. The maximum Gasteiger partial charge on any atom is 0.269 e. The van der Waals surface area contributed by atoms with Crippen molar-refractivity contribution in [2.24, 2.45) is 0 Å². The largest absolute Gasteiger partial charge is 0.379 e. The lowest BCUT2D eigenvalue weighted by Crippen LogP contribution is -2.37. The smallest absolute Gasteiger partial charge is 0.269 e. The molecule has 0 bridgehead atoms. The molecule has 1 aromatic heterocycles. The van der Waals surface area contributed by atoms with E-state index in [-0.39, 0.29) is 16.5 Å². The zero-order valence-electron chi connectivity index (χ0n) is 18.0. The number of aromatic nitrogens is 2. The van der Waals surface area contributed by atoms with E-state index in [1.807, 2.05) is 37.3 Å². The molecule has 0 amide bonds. The third-order valence-corrected chi connectivity index (χ3v) is 6.77. The molecule has 1 aliphatic rings. The summed E-state index contributed by atoms with van der Waals surface area (Å²) in [7, 11) is 0. The van der Waals surface area contributed by atoms with Crippen LogP contribution >= 0.6 is 11.8 Å².